The van der Waals surface area contributed by atoms with Gasteiger partial charge in [-0.15, -0.1) is 0 Å². The van der Waals surface area contributed by atoms with Crippen molar-refractivity contribution < 1.29 is 24.2 Å². The van der Waals surface area contributed by atoms with Gasteiger partial charge in [0.25, 0.3) is 12.5 Å². The van der Waals surface area contributed by atoms with E-state index in [1.165, 1.54) is 34.6 Å². The van der Waals surface area contributed by atoms with E-state index in [9.17, 15) is 19.5 Å². The molecule has 1 aliphatic heterocycles. The monoisotopic (exact) mass is 383 g/mol. The fraction of sp³-hybridized carbons (Fsp3) is 0.267. The van der Waals surface area contributed by atoms with Crippen molar-refractivity contribution in [1.29, 1.82) is 0 Å². The highest BCUT2D eigenvalue weighted by atomic mass is 35.5. The van der Waals surface area contributed by atoms with Crippen molar-refractivity contribution in [3.63, 3.8) is 0 Å². The van der Waals surface area contributed by atoms with Gasteiger partial charge in [-0.1, -0.05) is 16.3 Å². The van der Waals surface area contributed by atoms with E-state index in [4.69, 9.17) is 11.6 Å². The van der Waals surface area contributed by atoms with E-state index in [-0.39, 0.29) is 28.7 Å². The van der Waals surface area contributed by atoms with Crippen LogP contribution in [-0.4, -0.2) is 50.8 Å². The van der Waals surface area contributed by atoms with Gasteiger partial charge in [0.15, 0.2) is 0 Å². The second-order valence-corrected chi connectivity index (χ2v) is 6.65. The van der Waals surface area contributed by atoms with Crippen molar-refractivity contribution >= 4 is 57.6 Å². The van der Waals surface area contributed by atoms with E-state index >= 15 is 0 Å². The van der Waals surface area contributed by atoms with Crippen molar-refractivity contribution in [3.05, 3.63) is 28.8 Å². The highest BCUT2D eigenvalue weighted by molar-refractivity contribution is 8.16. The minimum absolute atomic E-state index is 0.118. The maximum atomic E-state index is 12.3. The van der Waals surface area contributed by atoms with Gasteiger partial charge in [-0.3, -0.25) is 9.59 Å². The first-order valence-corrected chi connectivity index (χ1v) is 8.54. The lowest BCUT2D eigenvalue weighted by Crippen LogP contribution is -2.31. The second-order valence-electron chi connectivity index (χ2n) is 5.25. The van der Waals surface area contributed by atoms with Crippen LogP contribution < -0.4 is 10.6 Å². The summed E-state index contributed by atoms with van der Waals surface area (Å²) in [5.41, 5.74) is 0.661. The van der Waals surface area contributed by atoms with E-state index in [0.29, 0.717) is 16.6 Å². The lowest BCUT2D eigenvalue weighted by Gasteiger charge is -2.07. The second kappa shape index (κ2) is 8.13. The molecule has 0 saturated carbocycles. The third-order valence-corrected chi connectivity index (χ3v) is 4.16. The number of rotatable bonds is 5. The molecule has 0 unspecified atom stereocenters. The lowest BCUT2D eigenvalue weighted by atomic mass is 10.2. The molecule has 2 amide bonds. The zero-order valence-corrected chi connectivity index (χ0v) is 15.1. The first kappa shape index (κ1) is 18.9. The highest BCUT2D eigenvalue weighted by Gasteiger charge is 2.32. The highest BCUT2D eigenvalue weighted by Crippen LogP contribution is 2.21. The molecule has 3 N–H and O–H groups in total. The number of carbonyl (C=O) groups excluding carboxylic acids is 2. The normalized spacial score (nSPS) is 15.4. The molecule has 1 fully saturated rings. The Morgan fingerprint density at radius 2 is 2.16 bits per heavy atom. The number of nitrogens with zero attached hydrogens (tertiary/aromatic N) is 2. The summed E-state index contributed by atoms with van der Waals surface area (Å²) >= 11 is 7.03. The molecule has 1 heterocycles. The summed E-state index contributed by atoms with van der Waals surface area (Å²) < 4.78 is 1.30. The summed E-state index contributed by atoms with van der Waals surface area (Å²) in [6.07, 6.45) is 0. The Bertz CT molecular complexity index is 803. The maximum Gasteiger partial charge on any atom is 0.337 e. The van der Waals surface area contributed by atoms with Gasteiger partial charge in [0.05, 0.1) is 22.8 Å². The zero-order valence-electron chi connectivity index (χ0n) is 13.5. The van der Waals surface area contributed by atoms with Crippen LogP contribution in [0.15, 0.2) is 23.3 Å². The van der Waals surface area contributed by atoms with Crippen molar-refractivity contribution in [2.75, 3.05) is 17.7 Å². The first-order chi connectivity index (χ1) is 11.8. The number of nitrogens with one attached hydrogen (secondary N) is 2. The number of hydrogen-bond donors (Lipinski definition) is 3. The Balaban J connectivity index is 2.25. The van der Waals surface area contributed by atoms with Crippen LogP contribution in [0.25, 0.3) is 0 Å². The molecule has 1 aromatic carbocycles. The van der Waals surface area contributed by atoms with Gasteiger partial charge in [-0.2, -0.15) is 0 Å². The van der Waals surface area contributed by atoms with Gasteiger partial charge in [0.2, 0.25) is 0 Å². The molecule has 1 saturated heterocycles. The molecular formula is C15H16ClN4O4S+. The Morgan fingerprint density at radius 3 is 2.72 bits per heavy atom. The molecule has 2 rings (SSSR count). The van der Waals surface area contributed by atoms with Crippen molar-refractivity contribution in [2.24, 2.45) is 5.10 Å². The summed E-state index contributed by atoms with van der Waals surface area (Å²) in [5.74, 6) is -1.62. The number of carboxylic acid groups (broad SMARTS) is 1. The third-order valence-electron chi connectivity index (χ3n) is 2.97. The predicted octanol–water partition coefficient (Wildman–Crippen LogP) is 1.60. The van der Waals surface area contributed by atoms with Crippen LogP contribution in [0.3, 0.4) is 0 Å². The van der Waals surface area contributed by atoms with E-state index in [2.05, 4.69) is 15.7 Å². The Morgan fingerprint density at radius 1 is 1.44 bits per heavy atom. The molecule has 0 atom stereocenters. The van der Waals surface area contributed by atoms with Crippen LogP contribution in [0.1, 0.15) is 24.2 Å². The molecule has 10 heteroatoms. The van der Waals surface area contributed by atoms with Gasteiger partial charge < -0.3 is 15.7 Å². The lowest BCUT2D eigenvalue weighted by molar-refractivity contribution is -0.517. The van der Waals surface area contributed by atoms with Crippen LogP contribution in [0, 0.1) is 0 Å². The largest absolute Gasteiger partial charge is 0.478 e. The number of anilines is 1. The molecule has 0 bridgehead atoms. The Labute approximate surface area is 152 Å². The Hall–Kier alpha value is -2.39. The molecule has 8 nitrogen and oxygen atoms in total. The summed E-state index contributed by atoms with van der Waals surface area (Å²) in [5, 5.41) is 19.1. The number of hydrazone groups is 1. The number of aromatic carboxylic acids is 1. The molecule has 132 valence electrons. The van der Waals surface area contributed by atoms with Crippen LogP contribution in [-0.2, 0) is 9.59 Å². The zero-order chi connectivity index (χ0) is 18.6. The van der Waals surface area contributed by atoms with Gasteiger partial charge in [0, 0.05) is 5.02 Å². The number of thioether (sulfide) groups is 1. The average molecular weight is 384 g/mol. The van der Waals surface area contributed by atoms with Gasteiger partial charge >= 0.3 is 16.9 Å². The summed E-state index contributed by atoms with van der Waals surface area (Å²) in [7, 11) is 0. The third kappa shape index (κ3) is 5.04. The molecule has 0 spiro atoms. The van der Waals surface area contributed by atoms with E-state index in [0.717, 1.165) is 0 Å². The number of carbonyl (C=O) groups is 3. The van der Waals surface area contributed by atoms with E-state index < -0.39 is 11.9 Å². The van der Waals surface area contributed by atoms with Gasteiger partial charge in [-0.25, -0.2) is 4.79 Å². The molecule has 25 heavy (non-hydrogen) atoms. The van der Waals surface area contributed by atoms with Crippen molar-refractivity contribution in [1.82, 2.24) is 5.32 Å². The molecular weight excluding hydrogens is 368 g/mol. The van der Waals surface area contributed by atoms with Crippen molar-refractivity contribution in [2.45, 2.75) is 13.8 Å². The number of benzene rings is 1. The minimum atomic E-state index is -1.21. The number of hydrogen-bond acceptors (Lipinski definition) is 5. The molecule has 0 radical (unpaired) electrons. The van der Waals surface area contributed by atoms with Gasteiger partial charge in [-0.05, 0) is 48.9 Å². The molecule has 1 aliphatic rings. The summed E-state index contributed by atoms with van der Waals surface area (Å²) in [6.45, 7) is 3.25. The predicted molar refractivity (Wildman–Crippen MR) is 96.6 cm³/mol. The number of halogens is 1. The number of amides is 2. The van der Waals surface area contributed by atoms with Crippen molar-refractivity contribution in [3.8, 4) is 0 Å². The fourth-order valence-corrected chi connectivity index (χ4v) is 2.99. The van der Waals surface area contributed by atoms with Crippen LogP contribution in [0.5, 0.6) is 0 Å². The van der Waals surface area contributed by atoms with Gasteiger partial charge in [0.1, 0.15) is 0 Å². The van der Waals surface area contributed by atoms with Crippen LogP contribution in [0.2, 0.25) is 5.02 Å². The van der Waals surface area contributed by atoms with E-state index in [1.54, 1.807) is 13.8 Å². The SMILES string of the molecule is CC(C)=N[N+](CC(=O)Nc1ccc(Cl)cc1C(=O)O)=C1SCNC1=O. The quantitative estimate of drug-likeness (QED) is 0.406. The smallest absolute Gasteiger partial charge is 0.337 e. The number of carboxylic acids is 1. The first-order valence-electron chi connectivity index (χ1n) is 7.18. The van der Waals surface area contributed by atoms with Crippen LogP contribution in [0.4, 0.5) is 5.69 Å². The maximum absolute atomic E-state index is 12.3. The fourth-order valence-electron chi connectivity index (χ4n) is 2.03. The Kier molecular flexibility index (Phi) is 6.16. The molecule has 0 aliphatic carbocycles. The molecule has 0 aromatic heterocycles. The minimum Gasteiger partial charge on any atom is -0.478 e. The summed E-state index contributed by atoms with van der Waals surface area (Å²) in [6, 6.07) is 4.14. The van der Waals surface area contributed by atoms with E-state index in [1.807, 2.05) is 0 Å². The molecule has 1 aromatic rings. The topological polar surface area (TPSA) is 111 Å². The van der Waals surface area contributed by atoms with Crippen LogP contribution >= 0.6 is 23.4 Å². The summed E-state index contributed by atoms with van der Waals surface area (Å²) in [4.78, 5) is 35.4. The standard InChI is InChI=1S/C15H15ClN4O4S/c1-8(2)19-20(14-13(22)17-7-25-14)6-12(21)18-11-4-3-9(16)5-10(11)15(23)24/h3-5H,6-7H2,1-2H3,(H2-,17,18,21,22,23,24)/p+1. The average Bonchev–Trinajstić information content (AvgIpc) is 2.93.